The maximum absolute atomic E-state index is 10.8. The molecule has 0 aliphatic carbocycles. The number of rotatable bonds is 4. The van der Waals surface area contributed by atoms with E-state index in [9.17, 15) is 4.79 Å². The lowest BCUT2D eigenvalue weighted by molar-refractivity contribution is 0.0690. The number of nitrogens with zero attached hydrogens (tertiary/aromatic N) is 3. The van der Waals surface area contributed by atoms with E-state index in [0.717, 1.165) is 22.6 Å². The molecule has 2 aromatic heterocycles. The van der Waals surface area contributed by atoms with Crippen LogP contribution in [0.4, 0.5) is 6.01 Å². The molecular formula is C15H13N3O3. The zero-order valence-corrected chi connectivity index (χ0v) is 11.4. The monoisotopic (exact) mass is 283 g/mol. The third-order valence-corrected chi connectivity index (χ3v) is 3.22. The van der Waals surface area contributed by atoms with Gasteiger partial charge in [-0.1, -0.05) is 18.2 Å². The first-order chi connectivity index (χ1) is 10.1. The van der Waals surface area contributed by atoms with Crippen molar-refractivity contribution >= 4 is 22.8 Å². The molecule has 0 spiro atoms. The molecule has 0 unspecified atom stereocenters. The second-order valence-electron chi connectivity index (χ2n) is 4.69. The number of oxazole rings is 1. The Bertz CT molecular complexity index is 792. The third kappa shape index (κ3) is 2.55. The smallest absolute Gasteiger partial charge is 0.357 e. The predicted molar refractivity (Wildman–Crippen MR) is 77.3 cm³/mol. The first-order valence-electron chi connectivity index (χ1n) is 6.37. The van der Waals surface area contributed by atoms with Gasteiger partial charge in [-0.3, -0.25) is 4.98 Å². The number of benzene rings is 1. The molecule has 3 aromatic rings. The summed E-state index contributed by atoms with van der Waals surface area (Å²) in [4.78, 5) is 20.6. The minimum atomic E-state index is -1.10. The highest BCUT2D eigenvalue weighted by molar-refractivity contribution is 5.86. The Balaban J connectivity index is 1.89. The largest absolute Gasteiger partial charge is 0.476 e. The highest BCUT2D eigenvalue weighted by Gasteiger charge is 2.14. The van der Waals surface area contributed by atoms with Crippen LogP contribution in [-0.4, -0.2) is 28.1 Å². The van der Waals surface area contributed by atoms with Gasteiger partial charge in [-0.05, 0) is 17.0 Å². The Hall–Kier alpha value is -2.89. The van der Waals surface area contributed by atoms with Crippen molar-refractivity contribution in [2.45, 2.75) is 6.54 Å². The van der Waals surface area contributed by atoms with Crippen molar-refractivity contribution < 1.29 is 14.3 Å². The topological polar surface area (TPSA) is 79.5 Å². The zero-order chi connectivity index (χ0) is 14.8. The number of hydrogen-bond donors (Lipinski definition) is 1. The second kappa shape index (κ2) is 5.24. The van der Waals surface area contributed by atoms with Crippen molar-refractivity contribution in [3.8, 4) is 0 Å². The SMILES string of the molecule is CN(Cc1cccc2cnccc12)c1nc(C(=O)O)co1. The number of carbonyl (C=O) groups is 1. The van der Waals surface area contributed by atoms with E-state index in [1.807, 2.05) is 30.5 Å². The number of pyridine rings is 1. The van der Waals surface area contributed by atoms with Gasteiger partial charge in [-0.25, -0.2) is 4.79 Å². The van der Waals surface area contributed by atoms with E-state index in [1.54, 1.807) is 18.1 Å². The summed E-state index contributed by atoms with van der Waals surface area (Å²) in [5, 5.41) is 11.0. The number of hydrogen-bond acceptors (Lipinski definition) is 5. The molecule has 0 radical (unpaired) electrons. The fourth-order valence-corrected chi connectivity index (χ4v) is 2.19. The van der Waals surface area contributed by atoms with Gasteiger partial charge in [0.2, 0.25) is 0 Å². The molecule has 6 nitrogen and oxygen atoms in total. The van der Waals surface area contributed by atoms with Crippen molar-refractivity contribution in [2.75, 3.05) is 11.9 Å². The van der Waals surface area contributed by atoms with Crippen LogP contribution >= 0.6 is 0 Å². The molecule has 0 saturated carbocycles. The van der Waals surface area contributed by atoms with E-state index in [1.165, 1.54) is 0 Å². The predicted octanol–water partition coefficient (Wildman–Crippen LogP) is 2.56. The highest BCUT2D eigenvalue weighted by atomic mass is 16.4. The summed E-state index contributed by atoms with van der Waals surface area (Å²) in [5.74, 6) is -1.10. The Morgan fingerprint density at radius 3 is 3.00 bits per heavy atom. The Labute approximate surface area is 120 Å². The molecule has 21 heavy (non-hydrogen) atoms. The summed E-state index contributed by atoms with van der Waals surface area (Å²) in [6.07, 6.45) is 4.70. The van der Waals surface area contributed by atoms with Gasteiger partial charge >= 0.3 is 5.97 Å². The van der Waals surface area contributed by atoms with Crippen molar-refractivity contribution in [3.63, 3.8) is 0 Å². The first-order valence-corrected chi connectivity index (χ1v) is 6.37. The molecule has 0 aliphatic heterocycles. The van der Waals surface area contributed by atoms with E-state index in [-0.39, 0.29) is 11.7 Å². The van der Waals surface area contributed by atoms with Gasteiger partial charge in [0.25, 0.3) is 6.01 Å². The quantitative estimate of drug-likeness (QED) is 0.792. The average Bonchev–Trinajstić information content (AvgIpc) is 2.98. The molecule has 6 heteroatoms. The molecule has 0 atom stereocenters. The summed E-state index contributed by atoms with van der Waals surface area (Å²) < 4.78 is 5.19. The molecular weight excluding hydrogens is 270 g/mol. The maximum Gasteiger partial charge on any atom is 0.357 e. The van der Waals surface area contributed by atoms with Crippen LogP contribution in [0.5, 0.6) is 0 Å². The number of fused-ring (bicyclic) bond motifs is 1. The van der Waals surface area contributed by atoms with E-state index < -0.39 is 5.97 Å². The molecule has 0 amide bonds. The molecule has 106 valence electrons. The van der Waals surface area contributed by atoms with Gasteiger partial charge in [0.05, 0.1) is 0 Å². The molecule has 3 rings (SSSR count). The standard InChI is InChI=1S/C15H13N3O3/c1-18(15-17-13(9-21-15)14(19)20)8-11-4-2-3-10-7-16-6-5-12(10)11/h2-7,9H,8H2,1H3,(H,19,20). The highest BCUT2D eigenvalue weighted by Crippen LogP contribution is 2.21. The number of aromatic nitrogens is 2. The minimum Gasteiger partial charge on any atom is -0.476 e. The summed E-state index contributed by atoms with van der Waals surface area (Å²) in [6.45, 7) is 0.556. The Kier molecular flexibility index (Phi) is 3.27. The lowest BCUT2D eigenvalue weighted by atomic mass is 10.1. The van der Waals surface area contributed by atoms with Crippen LogP contribution in [0.2, 0.25) is 0 Å². The number of carboxylic acid groups (broad SMARTS) is 1. The lowest BCUT2D eigenvalue weighted by Crippen LogP contribution is -2.17. The number of carboxylic acids is 1. The minimum absolute atomic E-state index is 0.0982. The van der Waals surface area contributed by atoms with Gasteiger partial charge in [-0.15, -0.1) is 0 Å². The van der Waals surface area contributed by atoms with Gasteiger partial charge in [0.1, 0.15) is 6.26 Å². The molecule has 0 bridgehead atoms. The van der Waals surface area contributed by atoms with E-state index in [2.05, 4.69) is 9.97 Å². The van der Waals surface area contributed by atoms with E-state index >= 15 is 0 Å². The van der Waals surface area contributed by atoms with Crippen molar-refractivity contribution in [3.05, 3.63) is 54.2 Å². The van der Waals surface area contributed by atoms with Gasteiger partial charge in [0, 0.05) is 31.4 Å². The number of aromatic carboxylic acids is 1. The van der Waals surface area contributed by atoms with Crippen molar-refractivity contribution in [1.82, 2.24) is 9.97 Å². The van der Waals surface area contributed by atoms with Crippen LogP contribution in [0.3, 0.4) is 0 Å². The first kappa shape index (κ1) is 13.1. The third-order valence-electron chi connectivity index (χ3n) is 3.22. The summed E-state index contributed by atoms with van der Waals surface area (Å²) >= 11 is 0. The normalized spacial score (nSPS) is 10.7. The Morgan fingerprint density at radius 1 is 1.38 bits per heavy atom. The molecule has 2 heterocycles. The van der Waals surface area contributed by atoms with Crippen LogP contribution in [0.1, 0.15) is 16.1 Å². The summed E-state index contributed by atoms with van der Waals surface area (Å²) in [7, 11) is 1.80. The fraction of sp³-hybridized carbons (Fsp3) is 0.133. The molecule has 0 aliphatic rings. The Morgan fingerprint density at radius 2 is 2.24 bits per heavy atom. The van der Waals surface area contributed by atoms with Gasteiger partial charge < -0.3 is 14.4 Å². The molecule has 1 aromatic carbocycles. The average molecular weight is 283 g/mol. The molecule has 0 fully saturated rings. The van der Waals surface area contributed by atoms with Crippen molar-refractivity contribution in [1.29, 1.82) is 0 Å². The van der Waals surface area contributed by atoms with Gasteiger partial charge in [-0.2, -0.15) is 4.98 Å². The van der Waals surface area contributed by atoms with E-state index in [4.69, 9.17) is 9.52 Å². The maximum atomic E-state index is 10.8. The molecule has 1 N–H and O–H groups in total. The fourth-order valence-electron chi connectivity index (χ4n) is 2.19. The number of anilines is 1. The molecule has 0 saturated heterocycles. The van der Waals surface area contributed by atoms with E-state index in [0.29, 0.717) is 6.54 Å². The second-order valence-corrected chi connectivity index (χ2v) is 4.69. The summed E-state index contributed by atoms with van der Waals surface area (Å²) in [6, 6.07) is 8.21. The van der Waals surface area contributed by atoms with Crippen LogP contribution in [-0.2, 0) is 6.54 Å². The van der Waals surface area contributed by atoms with Crippen molar-refractivity contribution in [2.24, 2.45) is 0 Å². The lowest BCUT2D eigenvalue weighted by Gasteiger charge is -2.15. The summed E-state index contributed by atoms with van der Waals surface area (Å²) in [5.41, 5.74) is 0.992. The van der Waals surface area contributed by atoms with Crippen LogP contribution in [0.15, 0.2) is 47.3 Å². The van der Waals surface area contributed by atoms with Gasteiger partial charge in [0.15, 0.2) is 5.69 Å². The zero-order valence-electron chi connectivity index (χ0n) is 11.4. The van der Waals surface area contributed by atoms with Crippen LogP contribution in [0.25, 0.3) is 10.8 Å². The van der Waals surface area contributed by atoms with Crippen LogP contribution < -0.4 is 4.90 Å². The van der Waals surface area contributed by atoms with Crippen LogP contribution in [0, 0.1) is 0 Å².